The molecule has 0 saturated heterocycles. The Morgan fingerprint density at radius 1 is 1.44 bits per heavy atom. The molecule has 1 atom stereocenters. The molecule has 2 nitrogen and oxygen atoms in total. The Hall–Kier alpha value is -0.790. The molecule has 1 aliphatic carbocycles. The van der Waals surface area contributed by atoms with Crippen LogP contribution < -0.4 is 0 Å². The van der Waals surface area contributed by atoms with Crippen molar-refractivity contribution in [2.75, 3.05) is 6.61 Å². The van der Waals surface area contributed by atoms with Crippen molar-refractivity contribution in [1.29, 1.82) is 0 Å². The van der Waals surface area contributed by atoms with Crippen LogP contribution in [0.25, 0.3) is 0 Å². The minimum Gasteiger partial charge on any atom is -0.466 e. The Balaban J connectivity index is 2.27. The Morgan fingerprint density at radius 3 is 2.81 bits per heavy atom. The van der Waals surface area contributed by atoms with Crippen molar-refractivity contribution >= 4 is 5.97 Å². The number of carbonyl (C=O) groups is 1. The Labute approximate surface area is 99.1 Å². The summed E-state index contributed by atoms with van der Waals surface area (Å²) in [5.74, 6) is 0.112. The summed E-state index contributed by atoms with van der Waals surface area (Å²) in [7, 11) is 0. The average molecular weight is 224 g/mol. The van der Waals surface area contributed by atoms with Crippen LogP contribution in [0.4, 0.5) is 0 Å². The monoisotopic (exact) mass is 224 g/mol. The molecule has 2 heteroatoms. The van der Waals surface area contributed by atoms with E-state index in [-0.39, 0.29) is 11.9 Å². The number of allylic oxidation sites excluding steroid dienone is 2. The molecule has 0 aromatic carbocycles. The highest BCUT2D eigenvalue weighted by Gasteiger charge is 2.22. The van der Waals surface area contributed by atoms with Crippen LogP contribution in [-0.4, -0.2) is 12.6 Å². The molecule has 0 aromatic heterocycles. The first kappa shape index (κ1) is 13.3. The van der Waals surface area contributed by atoms with Crippen LogP contribution in [0.3, 0.4) is 0 Å². The Kier molecular flexibility index (Phi) is 6.20. The largest absolute Gasteiger partial charge is 0.466 e. The van der Waals surface area contributed by atoms with Crippen LogP contribution in [-0.2, 0) is 9.53 Å². The van der Waals surface area contributed by atoms with Gasteiger partial charge in [0.15, 0.2) is 0 Å². The molecule has 1 aliphatic rings. The van der Waals surface area contributed by atoms with Crippen molar-refractivity contribution in [3.8, 4) is 0 Å². The SMILES string of the molecule is CCCCCC1=CCC(C(=O)OCC)CC1. The fourth-order valence-electron chi connectivity index (χ4n) is 2.19. The second-order valence-corrected chi connectivity index (χ2v) is 4.54. The van der Waals surface area contributed by atoms with E-state index >= 15 is 0 Å². The van der Waals surface area contributed by atoms with E-state index in [0.717, 1.165) is 19.3 Å². The lowest BCUT2D eigenvalue weighted by molar-refractivity contribution is -0.148. The molecule has 0 N–H and O–H groups in total. The summed E-state index contributed by atoms with van der Waals surface area (Å²) in [5, 5.41) is 0. The van der Waals surface area contributed by atoms with Gasteiger partial charge in [0.2, 0.25) is 0 Å². The summed E-state index contributed by atoms with van der Waals surface area (Å²) in [6.07, 6.45) is 10.3. The molecule has 0 amide bonds. The molecule has 0 bridgehead atoms. The highest BCUT2D eigenvalue weighted by molar-refractivity contribution is 5.72. The standard InChI is InChI=1S/C14H24O2/c1-3-5-6-7-12-8-10-13(11-9-12)14(15)16-4-2/h8,13H,3-7,9-11H2,1-2H3. The van der Waals surface area contributed by atoms with Gasteiger partial charge >= 0.3 is 5.97 Å². The maximum atomic E-state index is 11.5. The normalized spacial score (nSPS) is 20.4. The minimum absolute atomic E-state index is 0.00800. The number of hydrogen-bond acceptors (Lipinski definition) is 2. The van der Waals surface area contributed by atoms with Gasteiger partial charge in [-0.2, -0.15) is 0 Å². The first-order valence-corrected chi connectivity index (χ1v) is 6.62. The van der Waals surface area contributed by atoms with Crippen LogP contribution >= 0.6 is 0 Å². The van der Waals surface area contributed by atoms with Gasteiger partial charge in [-0.05, 0) is 39.0 Å². The highest BCUT2D eigenvalue weighted by Crippen LogP contribution is 2.27. The molecule has 0 saturated carbocycles. The summed E-state index contributed by atoms with van der Waals surface area (Å²) < 4.78 is 5.05. The summed E-state index contributed by atoms with van der Waals surface area (Å²) in [6, 6.07) is 0. The maximum Gasteiger partial charge on any atom is 0.309 e. The third kappa shape index (κ3) is 4.38. The fourth-order valence-corrected chi connectivity index (χ4v) is 2.19. The van der Waals surface area contributed by atoms with E-state index in [1.54, 1.807) is 5.57 Å². The molecule has 0 aromatic rings. The Bertz CT molecular complexity index is 243. The van der Waals surface area contributed by atoms with Crippen LogP contribution in [0, 0.1) is 5.92 Å². The molecule has 92 valence electrons. The van der Waals surface area contributed by atoms with Crippen LogP contribution in [0.2, 0.25) is 0 Å². The molecule has 0 fully saturated rings. The first-order valence-electron chi connectivity index (χ1n) is 6.62. The topological polar surface area (TPSA) is 26.3 Å². The van der Waals surface area contributed by atoms with Crippen molar-refractivity contribution in [1.82, 2.24) is 0 Å². The zero-order chi connectivity index (χ0) is 11.8. The van der Waals surface area contributed by atoms with Gasteiger partial charge in [-0.3, -0.25) is 4.79 Å². The molecule has 1 rings (SSSR count). The van der Waals surface area contributed by atoms with Gasteiger partial charge in [0.25, 0.3) is 0 Å². The van der Waals surface area contributed by atoms with E-state index in [1.807, 2.05) is 6.92 Å². The van der Waals surface area contributed by atoms with E-state index in [9.17, 15) is 4.79 Å². The molecule has 1 unspecified atom stereocenters. The molecule has 0 heterocycles. The van der Waals surface area contributed by atoms with Crippen molar-refractivity contribution in [2.24, 2.45) is 5.92 Å². The van der Waals surface area contributed by atoms with Gasteiger partial charge in [0.1, 0.15) is 0 Å². The van der Waals surface area contributed by atoms with Crippen molar-refractivity contribution in [2.45, 2.75) is 58.8 Å². The first-order chi connectivity index (χ1) is 7.77. The predicted molar refractivity (Wildman–Crippen MR) is 66.2 cm³/mol. The van der Waals surface area contributed by atoms with Crippen molar-refractivity contribution in [3.05, 3.63) is 11.6 Å². The lowest BCUT2D eigenvalue weighted by atomic mass is 9.87. The average Bonchev–Trinajstić information content (AvgIpc) is 2.30. The minimum atomic E-state index is -0.00800. The number of ether oxygens (including phenoxy) is 1. The molecular weight excluding hydrogens is 200 g/mol. The molecule has 16 heavy (non-hydrogen) atoms. The van der Waals surface area contributed by atoms with E-state index in [4.69, 9.17) is 4.74 Å². The van der Waals surface area contributed by atoms with Crippen molar-refractivity contribution < 1.29 is 9.53 Å². The molecule has 0 spiro atoms. The zero-order valence-electron chi connectivity index (χ0n) is 10.6. The quantitative estimate of drug-likeness (QED) is 0.389. The second kappa shape index (κ2) is 7.48. The van der Waals surface area contributed by atoms with Gasteiger partial charge in [-0.1, -0.05) is 31.4 Å². The van der Waals surface area contributed by atoms with Gasteiger partial charge < -0.3 is 4.74 Å². The number of rotatable bonds is 6. The Morgan fingerprint density at radius 2 is 2.25 bits per heavy atom. The predicted octanol–water partition coefficient (Wildman–Crippen LogP) is 3.86. The summed E-state index contributed by atoms with van der Waals surface area (Å²) in [5.41, 5.74) is 1.55. The van der Waals surface area contributed by atoms with Gasteiger partial charge in [-0.25, -0.2) is 0 Å². The number of esters is 1. The molecular formula is C14H24O2. The smallest absolute Gasteiger partial charge is 0.309 e. The van der Waals surface area contributed by atoms with E-state index in [1.165, 1.54) is 25.7 Å². The van der Waals surface area contributed by atoms with Crippen LogP contribution in [0.5, 0.6) is 0 Å². The summed E-state index contributed by atoms with van der Waals surface area (Å²) in [4.78, 5) is 11.5. The molecule has 0 aliphatic heterocycles. The van der Waals surface area contributed by atoms with Crippen LogP contribution in [0.15, 0.2) is 11.6 Å². The third-order valence-corrected chi connectivity index (χ3v) is 3.23. The lowest BCUT2D eigenvalue weighted by Crippen LogP contribution is -2.19. The van der Waals surface area contributed by atoms with Gasteiger partial charge in [0, 0.05) is 0 Å². The van der Waals surface area contributed by atoms with Crippen molar-refractivity contribution in [3.63, 3.8) is 0 Å². The fraction of sp³-hybridized carbons (Fsp3) is 0.786. The number of hydrogen-bond donors (Lipinski definition) is 0. The zero-order valence-corrected chi connectivity index (χ0v) is 10.6. The highest BCUT2D eigenvalue weighted by atomic mass is 16.5. The second-order valence-electron chi connectivity index (χ2n) is 4.54. The summed E-state index contributed by atoms with van der Waals surface area (Å²) in [6.45, 7) is 4.60. The number of carbonyl (C=O) groups excluding carboxylic acids is 1. The van der Waals surface area contributed by atoms with Gasteiger partial charge in [0.05, 0.1) is 12.5 Å². The van der Waals surface area contributed by atoms with E-state index in [0.29, 0.717) is 6.61 Å². The lowest BCUT2D eigenvalue weighted by Gasteiger charge is -2.20. The maximum absolute atomic E-state index is 11.5. The van der Waals surface area contributed by atoms with E-state index < -0.39 is 0 Å². The van der Waals surface area contributed by atoms with Gasteiger partial charge in [-0.15, -0.1) is 0 Å². The van der Waals surface area contributed by atoms with Crippen LogP contribution in [0.1, 0.15) is 58.8 Å². The van der Waals surface area contributed by atoms with E-state index in [2.05, 4.69) is 13.0 Å². The third-order valence-electron chi connectivity index (χ3n) is 3.23. The number of unbranched alkanes of at least 4 members (excludes halogenated alkanes) is 2. The summed E-state index contributed by atoms with van der Waals surface area (Å²) >= 11 is 0. The molecule has 0 radical (unpaired) electrons.